The number of hydrogen-bond donors (Lipinski definition) is 0. The monoisotopic (exact) mass is 398 g/mol. The van der Waals surface area contributed by atoms with E-state index in [1.54, 1.807) is 6.07 Å². The number of halogens is 1. The summed E-state index contributed by atoms with van der Waals surface area (Å²) >= 11 is 0. The molecule has 0 aliphatic carbocycles. The summed E-state index contributed by atoms with van der Waals surface area (Å²) in [5.41, 5.74) is 7.25. The van der Waals surface area contributed by atoms with Crippen molar-refractivity contribution in [2.24, 2.45) is 13.0 Å². The largest absolute Gasteiger partial charge is 0.455 e. The second kappa shape index (κ2) is 6.94. The summed E-state index contributed by atoms with van der Waals surface area (Å²) in [4.78, 5) is 0. The predicted octanol–water partition coefficient (Wildman–Crippen LogP) is 6.88. The topological polar surface area (TPSA) is 17.0 Å². The van der Waals surface area contributed by atoms with Gasteiger partial charge in [0.15, 0.2) is 0 Å². The molecule has 0 amide bonds. The average Bonchev–Trinajstić information content (AvgIpc) is 3.06. The Bertz CT molecular complexity index is 1430. The zero-order valence-electron chi connectivity index (χ0n) is 17.8. The normalized spacial score (nSPS) is 11.9. The fraction of sp³-hybridized carbons (Fsp3) is 0.222. The van der Waals surface area contributed by atoms with Gasteiger partial charge < -0.3 is 4.42 Å². The molecule has 2 heterocycles. The van der Waals surface area contributed by atoms with E-state index in [2.05, 4.69) is 74.9 Å². The van der Waals surface area contributed by atoms with Gasteiger partial charge in [-0.15, -0.1) is 0 Å². The van der Waals surface area contributed by atoms with Crippen LogP contribution in [0.5, 0.6) is 0 Å². The molecule has 0 unspecified atom stereocenters. The smallest absolute Gasteiger partial charge is 0.216 e. The van der Waals surface area contributed by atoms with E-state index >= 15 is 0 Å². The van der Waals surface area contributed by atoms with E-state index in [4.69, 9.17) is 4.42 Å². The highest BCUT2D eigenvalue weighted by atomic mass is 19.1. The second-order valence-electron chi connectivity index (χ2n) is 8.60. The lowest BCUT2D eigenvalue weighted by Gasteiger charge is -2.11. The molecule has 0 radical (unpaired) electrons. The van der Waals surface area contributed by atoms with E-state index in [1.165, 1.54) is 28.6 Å². The summed E-state index contributed by atoms with van der Waals surface area (Å²) in [6.45, 7) is 6.60. The highest BCUT2D eigenvalue weighted by Crippen LogP contribution is 2.37. The summed E-state index contributed by atoms with van der Waals surface area (Å²) in [5, 5.41) is 3.24. The molecule has 0 bridgehead atoms. The van der Waals surface area contributed by atoms with Crippen molar-refractivity contribution in [2.45, 2.75) is 27.2 Å². The predicted molar refractivity (Wildman–Crippen MR) is 121 cm³/mol. The number of aryl methyl sites for hydroxylation is 2. The van der Waals surface area contributed by atoms with Crippen LogP contribution in [-0.4, -0.2) is 0 Å². The lowest BCUT2D eigenvalue weighted by atomic mass is 9.96. The molecule has 2 nitrogen and oxygen atoms in total. The molecule has 5 rings (SSSR count). The van der Waals surface area contributed by atoms with Gasteiger partial charge in [-0.25, -0.2) is 4.39 Å². The van der Waals surface area contributed by atoms with E-state index in [1.807, 2.05) is 0 Å². The standard InChI is InChI=1S/C27H25FNO/c1-16(2)14-18-6-5-7-23-20(18)12-13-24(29(23)4)26-17(3)8-10-22-21-11-9-19(28)15-25(21)30-27(22)26/h5-13,15-16H,14H2,1-4H3/q+1. The summed E-state index contributed by atoms with van der Waals surface area (Å²) in [6.07, 6.45) is 1.06. The zero-order valence-corrected chi connectivity index (χ0v) is 17.8. The van der Waals surface area contributed by atoms with Gasteiger partial charge >= 0.3 is 0 Å². The zero-order chi connectivity index (χ0) is 21.0. The van der Waals surface area contributed by atoms with Crippen molar-refractivity contribution in [2.75, 3.05) is 0 Å². The SMILES string of the molecule is Cc1ccc2c(oc3cc(F)ccc32)c1-c1ccc2c(CC(C)C)cccc2[n+]1C. The minimum Gasteiger partial charge on any atom is -0.455 e. The third-order valence-electron chi connectivity index (χ3n) is 6.00. The first-order valence-corrected chi connectivity index (χ1v) is 10.5. The van der Waals surface area contributed by atoms with E-state index in [0.29, 0.717) is 11.5 Å². The molecule has 3 heteroatoms. The molecule has 150 valence electrons. The molecule has 0 saturated heterocycles. The molecule has 30 heavy (non-hydrogen) atoms. The molecule has 0 atom stereocenters. The molecule has 2 aromatic heterocycles. The molecule has 0 aliphatic rings. The van der Waals surface area contributed by atoms with Crippen LogP contribution in [0.15, 0.2) is 65.1 Å². The number of pyridine rings is 1. The number of nitrogens with zero attached hydrogens (tertiary/aromatic N) is 1. The summed E-state index contributed by atoms with van der Waals surface area (Å²) in [7, 11) is 2.11. The van der Waals surface area contributed by atoms with Gasteiger partial charge in [-0.3, -0.25) is 0 Å². The number of rotatable bonds is 3. The third kappa shape index (κ3) is 2.88. The van der Waals surface area contributed by atoms with Crippen LogP contribution in [0.2, 0.25) is 0 Å². The van der Waals surface area contributed by atoms with E-state index in [-0.39, 0.29) is 5.82 Å². The van der Waals surface area contributed by atoms with Crippen molar-refractivity contribution in [3.8, 4) is 11.3 Å². The van der Waals surface area contributed by atoms with Crippen molar-refractivity contribution < 1.29 is 13.4 Å². The van der Waals surface area contributed by atoms with Gasteiger partial charge in [0.25, 0.3) is 0 Å². The first-order valence-electron chi connectivity index (χ1n) is 10.5. The number of hydrogen-bond acceptors (Lipinski definition) is 1. The van der Waals surface area contributed by atoms with E-state index in [9.17, 15) is 4.39 Å². The first kappa shape index (κ1) is 18.8. The Hall–Kier alpha value is -3.20. The maximum Gasteiger partial charge on any atom is 0.216 e. The number of fused-ring (bicyclic) bond motifs is 4. The quantitative estimate of drug-likeness (QED) is 0.303. The molecule has 0 aliphatic heterocycles. The maximum atomic E-state index is 13.8. The Morgan fingerprint density at radius 1 is 0.933 bits per heavy atom. The van der Waals surface area contributed by atoms with Gasteiger partial charge in [0.1, 0.15) is 24.0 Å². The highest BCUT2D eigenvalue weighted by Gasteiger charge is 2.22. The molecule has 5 aromatic rings. The summed E-state index contributed by atoms with van der Waals surface area (Å²) < 4.78 is 22.2. The van der Waals surface area contributed by atoms with Crippen LogP contribution in [0.1, 0.15) is 25.0 Å². The number of benzene rings is 3. The van der Waals surface area contributed by atoms with Crippen molar-refractivity contribution >= 4 is 32.8 Å². The Labute approximate surface area is 175 Å². The molecule has 3 aromatic carbocycles. The number of aromatic nitrogens is 1. The van der Waals surface area contributed by atoms with Crippen LogP contribution in [0.25, 0.3) is 44.1 Å². The summed E-state index contributed by atoms with van der Waals surface area (Å²) in [5.74, 6) is 0.321. The van der Waals surface area contributed by atoms with Crippen molar-refractivity contribution in [3.63, 3.8) is 0 Å². The Morgan fingerprint density at radius 3 is 2.50 bits per heavy atom. The van der Waals surface area contributed by atoms with Crippen LogP contribution in [0.4, 0.5) is 4.39 Å². The van der Waals surface area contributed by atoms with Crippen LogP contribution >= 0.6 is 0 Å². The molecular formula is C27H25FNO+. The third-order valence-corrected chi connectivity index (χ3v) is 6.00. The minimum absolute atomic E-state index is 0.284. The molecule has 0 fully saturated rings. The van der Waals surface area contributed by atoms with Gasteiger partial charge in [0.2, 0.25) is 11.2 Å². The second-order valence-corrected chi connectivity index (χ2v) is 8.60. The van der Waals surface area contributed by atoms with Gasteiger partial charge in [0, 0.05) is 34.4 Å². The fourth-order valence-corrected chi connectivity index (χ4v) is 4.59. The van der Waals surface area contributed by atoms with Gasteiger partial charge in [-0.1, -0.05) is 38.1 Å². The van der Waals surface area contributed by atoms with Crippen molar-refractivity contribution in [1.82, 2.24) is 0 Å². The Balaban J connectivity index is 1.80. The van der Waals surface area contributed by atoms with Crippen LogP contribution in [0, 0.1) is 18.7 Å². The molecule has 0 N–H and O–H groups in total. The lowest BCUT2D eigenvalue weighted by Crippen LogP contribution is -2.32. The van der Waals surface area contributed by atoms with Crippen LogP contribution in [0.3, 0.4) is 0 Å². The van der Waals surface area contributed by atoms with E-state index in [0.717, 1.165) is 39.6 Å². The van der Waals surface area contributed by atoms with Gasteiger partial charge in [-0.2, -0.15) is 4.57 Å². The van der Waals surface area contributed by atoms with Crippen molar-refractivity contribution in [1.29, 1.82) is 0 Å². The summed E-state index contributed by atoms with van der Waals surface area (Å²) in [6, 6.07) is 19.9. The fourth-order valence-electron chi connectivity index (χ4n) is 4.59. The number of furan rings is 1. The highest BCUT2D eigenvalue weighted by molar-refractivity contribution is 6.09. The average molecular weight is 399 g/mol. The van der Waals surface area contributed by atoms with Crippen LogP contribution < -0.4 is 4.57 Å². The first-order chi connectivity index (χ1) is 14.4. The van der Waals surface area contributed by atoms with Gasteiger partial charge in [0.05, 0.1) is 5.56 Å². The van der Waals surface area contributed by atoms with E-state index < -0.39 is 0 Å². The Morgan fingerprint density at radius 2 is 1.70 bits per heavy atom. The Kier molecular flexibility index (Phi) is 4.35. The molecule has 0 saturated carbocycles. The van der Waals surface area contributed by atoms with Gasteiger partial charge in [-0.05, 0) is 48.6 Å². The van der Waals surface area contributed by atoms with Crippen LogP contribution in [-0.2, 0) is 13.5 Å². The minimum atomic E-state index is -0.284. The molecule has 0 spiro atoms. The lowest BCUT2D eigenvalue weighted by molar-refractivity contribution is -0.633. The van der Waals surface area contributed by atoms with Crippen molar-refractivity contribution in [3.05, 3.63) is 77.6 Å². The maximum absolute atomic E-state index is 13.8. The molecular weight excluding hydrogens is 373 g/mol.